The van der Waals surface area contributed by atoms with Crippen molar-refractivity contribution in [1.82, 2.24) is 4.57 Å². The fourth-order valence-electron chi connectivity index (χ4n) is 2.95. The topological polar surface area (TPSA) is 60.7 Å². The summed E-state index contributed by atoms with van der Waals surface area (Å²) in [6, 6.07) is 13.7. The van der Waals surface area contributed by atoms with Gasteiger partial charge >= 0.3 is 5.97 Å². The van der Waals surface area contributed by atoms with Crippen molar-refractivity contribution in [2.75, 3.05) is 6.61 Å². The van der Waals surface area contributed by atoms with Crippen LogP contribution in [0.25, 0.3) is 10.2 Å². The summed E-state index contributed by atoms with van der Waals surface area (Å²) in [5, 5.41) is 0. The van der Waals surface area contributed by atoms with E-state index in [0.29, 0.717) is 11.4 Å². The van der Waals surface area contributed by atoms with Crippen LogP contribution in [0.4, 0.5) is 0 Å². The van der Waals surface area contributed by atoms with Gasteiger partial charge in [-0.25, -0.2) is 0 Å². The zero-order valence-electron chi connectivity index (χ0n) is 15.7. The van der Waals surface area contributed by atoms with E-state index in [2.05, 4.69) is 11.1 Å². The molecule has 0 spiro atoms. The summed E-state index contributed by atoms with van der Waals surface area (Å²) in [7, 11) is 0. The molecule has 0 saturated carbocycles. The highest BCUT2D eigenvalue weighted by atomic mass is 32.1. The minimum absolute atomic E-state index is 0.0352. The molecule has 3 aromatic rings. The quantitative estimate of drug-likeness (QED) is 0.634. The second-order valence-corrected chi connectivity index (χ2v) is 7.36. The van der Waals surface area contributed by atoms with Crippen LogP contribution in [0.5, 0.6) is 0 Å². The van der Waals surface area contributed by atoms with Gasteiger partial charge in [-0.3, -0.25) is 9.59 Å². The monoisotopic (exact) mass is 382 g/mol. The number of amides is 1. The lowest BCUT2D eigenvalue weighted by molar-refractivity contribution is -0.143. The van der Waals surface area contributed by atoms with E-state index in [1.807, 2.05) is 50.2 Å². The number of carbonyl (C=O) groups excluding carboxylic acids is 2. The minimum Gasteiger partial charge on any atom is -0.465 e. The number of hydrogen-bond donors (Lipinski definition) is 0. The van der Waals surface area contributed by atoms with Gasteiger partial charge in [-0.05, 0) is 44.0 Å². The maximum Gasteiger partial charge on any atom is 0.326 e. The number of carbonyl (C=O) groups is 2. The van der Waals surface area contributed by atoms with Gasteiger partial charge in [0.25, 0.3) is 5.91 Å². The van der Waals surface area contributed by atoms with Gasteiger partial charge in [-0.2, -0.15) is 4.99 Å². The first-order chi connectivity index (χ1) is 13.0. The molecule has 0 bridgehead atoms. The summed E-state index contributed by atoms with van der Waals surface area (Å²) in [6.07, 6.45) is 0.236. The number of rotatable bonds is 5. The van der Waals surface area contributed by atoms with Crippen LogP contribution in [0.3, 0.4) is 0 Å². The van der Waals surface area contributed by atoms with Gasteiger partial charge in [-0.15, -0.1) is 0 Å². The van der Waals surface area contributed by atoms with Gasteiger partial charge in [0.1, 0.15) is 6.54 Å². The molecule has 0 N–H and O–H groups in total. The van der Waals surface area contributed by atoms with Crippen molar-refractivity contribution in [1.29, 1.82) is 0 Å². The molecule has 0 radical (unpaired) electrons. The maximum atomic E-state index is 12.6. The predicted molar refractivity (Wildman–Crippen MR) is 107 cm³/mol. The van der Waals surface area contributed by atoms with E-state index >= 15 is 0 Å². The Hall–Kier alpha value is -2.73. The molecule has 3 rings (SSSR count). The number of aryl methyl sites for hydroxylation is 2. The smallest absolute Gasteiger partial charge is 0.326 e. The first kappa shape index (κ1) is 19.0. The van der Waals surface area contributed by atoms with Crippen molar-refractivity contribution in [3.8, 4) is 0 Å². The number of thiazole rings is 1. The molecule has 27 heavy (non-hydrogen) atoms. The van der Waals surface area contributed by atoms with Crippen LogP contribution in [0.15, 0.2) is 47.5 Å². The molecule has 1 heterocycles. The van der Waals surface area contributed by atoms with Gasteiger partial charge in [0.05, 0.1) is 23.2 Å². The van der Waals surface area contributed by atoms with Crippen molar-refractivity contribution in [3.63, 3.8) is 0 Å². The second-order valence-electron chi connectivity index (χ2n) is 6.36. The molecule has 2 aromatic carbocycles. The number of aromatic nitrogens is 1. The third kappa shape index (κ3) is 4.52. The van der Waals surface area contributed by atoms with Crippen molar-refractivity contribution < 1.29 is 14.3 Å². The number of fused-ring (bicyclic) bond motifs is 1. The van der Waals surface area contributed by atoms with Crippen LogP contribution in [0.1, 0.15) is 23.6 Å². The van der Waals surface area contributed by atoms with Gasteiger partial charge in [-0.1, -0.05) is 47.2 Å². The van der Waals surface area contributed by atoms with Crippen LogP contribution in [0, 0.1) is 13.8 Å². The Kier molecular flexibility index (Phi) is 5.86. The highest BCUT2D eigenvalue weighted by Crippen LogP contribution is 2.17. The molecule has 0 fully saturated rings. The fourth-order valence-corrected chi connectivity index (χ4v) is 3.99. The Morgan fingerprint density at radius 3 is 2.67 bits per heavy atom. The number of para-hydroxylation sites is 1. The number of ether oxygens (including phenoxy) is 1. The third-order valence-corrected chi connectivity index (χ3v) is 5.30. The molecule has 5 nitrogen and oxygen atoms in total. The van der Waals surface area contributed by atoms with Crippen molar-refractivity contribution in [2.24, 2.45) is 4.99 Å². The van der Waals surface area contributed by atoms with E-state index in [0.717, 1.165) is 26.9 Å². The van der Waals surface area contributed by atoms with Gasteiger partial charge < -0.3 is 9.30 Å². The zero-order chi connectivity index (χ0) is 19.4. The van der Waals surface area contributed by atoms with Crippen LogP contribution in [0.2, 0.25) is 0 Å². The maximum absolute atomic E-state index is 12.6. The zero-order valence-corrected chi connectivity index (χ0v) is 16.5. The molecule has 1 aromatic heterocycles. The highest BCUT2D eigenvalue weighted by Gasteiger charge is 2.12. The van der Waals surface area contributed by atoms with E-state index < -0.39 is 0 Å². The molecule has 0 saturated heterocycles. The van der Waals surface area contributed by atoms with Crippen LogP contribution in [-0.2, 0) is 27.3 Å². The predicted octanol–water partition coefficient (Wildman–Crippen LogP) is 3.55. The third-order valence-electron chi connectivity index (χ3n) is 4.24. The molecule has 0 aliphatic carbocycles. The van der Waals surface area contributed by atoms with E-state index in [4.69, 9.17) is 4.74 Å². The lowest BCUT2D eigenvalue weighted by atomic mass is 10.0. The van der Waals surface area contributed by atoms with E-state index in [-0.39, 0.29) is 24.8 Å². The van der Waals surface area contributed by atoms with Crippen molar-refractivity contribution in [2.45, 2.75) is 33.7 Å². The summed E-state index contributed by atoms with van der Waals surface area (Å²) >= 11 is 1.40. The first-order valence-corrected chi connectivity index (χ1v) is 9.67. The number of esters is 1. The first-order valence-electron chi connectivity index (χ1n) is 8.85. The number of nitrogens with zero attached hydrogens (tertiary/aromatic N) is 2. The molecule has 1 amide bonds. The highest BCUT2D eigenvalue weighted by molar-refractivity contribution is 7.16. The minimum atomic E-state index is -0.343. The molecule has 6 heteroatoms. The Bertz CT molecular complexity index is 1060. The molecule has 0 unspecified atom stereocenters. The number of benzene rings is 2. The fraction of sp³-hybridized carbons (Fsp3) is 0.286. The average Bonchev–Trinajstić information content (AvgIpc) is 2.95. The standard InChI is InChI=1S/C21H22N2O3S/c1-4-26-20(25)13-23-17-7-5-6-8-18(17)27-21(23)22-19(24)12-16-10-9-14(2)11-15(16)3/h5-11H,4,12-13H2,1-3H3. The van der Waals surface area contributed by atoms with Gasteiger partial charge in [0, 0.05) is 0 Å². The summed E-state index contributed by atoms with van der Waals surface area (Å²) < 4.78 is 7.78. The van der Waals surface area contributed by atoms with Gasteiger partial charge in [0.2, 0.25) is 0 Å². The summed E-state index contributed by atoms with van der Waals surface area (Å²) in [6.45, 7) is 6.15. The molecular weight excluding hydrogens is 360 g/mol. The van der Waals surface area contributed by atoms with Crippen LogP contribution >= 0.6 is 11.3 Å². The summed E-state index contributed by atoms with van der Waals surface area (Å²) in [5.74, 6) is -0.574. The molecule has 0 atom stereocenters. The Morgan fingerprint density at radius 1 is 1.15 bits per heavy atom. The lowest BCUT2D eigenvalue weighted by Gasteiger charge is -2.06. The van der Waals surface area contributed by atoms with E-state index in [1.54, 1.807) is 11.5 Å². The molecular formula is C21H22N2O3S. The number of hydrogen-bond acceptors (Lipinski definition) is 4. The van der Waals surface area contributed by atoms with Crippen LogP contribution in [-0.4, -0.2) is 23.1 Å². The SMILES string of the molecule is CCOC(=O)Cn1c(=NC(=O)Cc2ccc(C)cc2C)sc2ccccc21. The average molecular weight is 382 g/mol. The summed E-state index contributed by atoms with van der Waals surface area (Å²) in [4.78, 5) is 29.4. The van der Waals surface area contributed by atoms with E-state index in [1.165, 1.54) is 11.3 Å². The van der Waals surface area contributed by atoms with Crippen molar-refractivity contribution in [3.05, 3.63) is 64.0 Å². The van der Waals surface area contributed by atoms with Crippen molar-refractivity contribution >= 4 is 33.4 Å². The molecule has 0 aliphatic rings. The lowest BCUT2D eigenvalue weighted by Crippen LogP contribution is -2.23. The van der Waals surface area contributed by atoms with E-state index in [9.17, 15) is 9.59 Å². The normalized spacial score (nSPS) is 11.7. The molecule has 0 aliphatic heterocycles. The Morgan fingerprint density at radius 2 is 1.93 bits per heavy atom. The van der Waals surface area contributed by atoms with Gasteiger partial charge in [0.15, 0.2) is 4.80 Å². The molecule has 140 valence electrons. The summed E-state index contributed by atoms with van der Waals surface area (Å²) in [5.41, 5.74) is 4.08. The van der Waals surface area contributed by atoms with Crippen LogP contribution < -0.4 is 4.80 Å². The second kappa shape index (κ2) is 8.31. The Balaban J connectivity index is 1.96. The Labute approximate surface area is 161 Å². The largest absolute Gasteiger partial charge is 0.465 e.